The molecule has 0 bridgehead atoms. The van der Waals surface area contributed by atoms with E-state index in [1.165, 1.54) is 0 Å². The highest BCUT2D eigenvalue weighted by Gasteiger charge is 2.23. The lowest BCUT2D eigenvalue weighted by Gasteiger charge is -2.13. The van der Waals surface area contributed by atoms with Crippen LogP contribution in [-0.2, 0) is 9.53 Å². The number of carbonyl (C=O) groups is 2. The number of amides is 2. The largest absolute Gasteiger partial charge is 0.447 e. The maximum absolute atomic E-state index is 11.3. The molecule has 0 spiro atoms. The van der Waals surface area contributed by atoms with Crippen LogP contribution in [0.4, 0.5) is 16.2 Å². The van der Waals surface area contributed by atoms with Crippen molar-refractivity contribution in [3.05, 3.63) is 24.3 Å². The van der Waals surface area contributed by atoms with Crippen LogP contribution in [0, 0.1) is 0 Å². The van der Waals surface area contributed by atoms with Gasteiger partial charge in [0.05, 0.1) is 6.54 Å². The van der Waals surface area contributed by atoms with Crippen molar-refractivity contribution in [3.8, 4) is 0 Å². The quantitative estimate of drug-likeness (QED) is 0.870. The van der Waals surface area contributed by atoms with Crippen LogP contribution in [-0.4, -0.2) is 25.2 Å². The third-order valence-corrected chi connectivity index (χ3v) is 2.54. The zero-order valence-electron chi connectivity index (χ0n) is 9.60. The van der Waals surface area contributed by atoms with Crippen LogP contribution in [0.15, 0.2) is 24.3 Å². The van der Waals surface area contributed by atoms with Gasteiger partial charge in [-0.25, -0.2) is 4.79 Å². The standard InChI is InChI=1S/C12H14N2O3/c1-2-11(15)13-9-3-5-10(6-4-9)14-7-8-17-12(14)16/h3-6H,2,7-8H2,1H3,(H,13,15). The number of benzene rings is 1. The zero-order chi connectivity index (χ0) is 12.3. The molecule has 1 aromatic rings. The summed E-state index contributed by atoms with van der Waals surface area (Å²) < 4.78 is 4.85. The van der Waals surface area contributed by atoms with E-state index in [2.05, 4.69) is 5.32 Å². The molecule has 0 atom stereocenters. The monoisotopic (exact) mass is 234 g/mol. The van der Waals surface area contributed by atoms with E-state index in [0.717, 1.165) is 11.4 Å². The van der Waals surface area contributed by atoms with Crippen LogP contribution in [0.3, 0.4) is 0 Å². The van der Waals surface area contributed by atoms with Gasteiger partial charge in [-0.3, -0.25) is 9.69 Å². The molecule has 0 aliphatic carbocycles. The molecular weight excluding hydrogens is 220 g/mol. The second-order valence-electron chi connectivity index (χ2n) is 3.71. The first-order chi connectivity index (χ1) is 8.20. The Morgan fingerprint density at radius 2 is 2.12 bits per heavy atom. The summed E-state index contributed by atoms with van der Waals surface area (Å²) in [6.07, 6.45) is 0.121. The third kappa shape index (κ3) is 2.55. The van der Waals surface area contributed by atoms with E-state index in [4.69, 9.17) is 4.74 Å². The minimum Gasteiger partial charge on any atom is -0.447 e. The van der Waals surface area contributed by atoms with Gasteiger partial charge < -0.3 is 10.1 Å². The van der Waals surface area contributed by atoms with Gasteiger partial charge in [-0.15, -0.1) is 0 Å². The van der Waals surface area contributed by atoms with E-state index in [0.29, 0.717) is 19.6 Å². The van der Waals surface area contributed by atoms with Crippen LogP contribution in [0.25, 0.3) is 0 Å². The molecule has 5 heteroatoms. The normalized spacial score (nSPS) is 14.6. The fraction of sp³-hybridized carbons (Fsp3) is 0.333. The molecule has 0 saturated carbocycles. The first kappa shape index (κ1) is 11.4. The summed E-state index contributed by atoms with van der Waals surface area (Å²) in [5, 5.41) is 2.75. The van der Waals surface area contributed by atoms with Gasteiger partial charge in [-0.1, -0.05) is 6.92 Å². The molecule has 1 heterocycles. The van der Waals surface area contributed by atoms with Gasteiger partial charge in [-0.05, 0) is 24.3 Å². The maximum atomic E-state index is 11.3. The molecule has 1 aromatic carbocycles. The number of rotatable bonds is 3. The molecule has 5 nitrogen and oxygen atoms in total. The van der Waals surface area contributed by atoms with E-state index in [1.807, 2.05) is 0 Å². The molecule has 2 amide bonds. The van der Waals surface area contributed by atoms with Crippen molar-refractivity contribution in [2.45, 2.75) is 13.3 Å². The average Bonchev–Trinajstić information content (AvgIpc) is 2.76. The molecule has 1 aliphatic heterocycles. The summed E-state index contributed by atoms with van der Waals surface area (Å²) in [5.41, 5.74) is 1.51. The highest BCUT2D eigenvalue weighted by atomic mass is 16.6. The van der Waals surface area contributed by atoms with Crippen LogP contribution in [0.1, 0.15) is 13.3 Å². The SMILES string of the molecule is CCC(=O)Nc1ccc(N2CCOC2=O)cc1. The average molecular weight is 234 g/mol. The van der Waals surface area contributed by atoms with Crippen LogP contribution < -0.4 is 10.2 Å². The fourth-order valence-corrected chi connectivity index (χ4v) is 1.60. The number of ether oxygens (including phenoxy) is 1. The number of nitrogens with one attached hydrogen (secondary N) is 1. The van der Waals surface area contributed by atoms with Gasteiger partial charge in [0.25, 0.3) is 0 Å². The van der Waals surface area contributed by atoms with Crippen molar-refractivity contribution in [2.75, 3.05) is 23.4 Å². The van der Waals surface area contributed by atoms with Gasteiger partial charge in [-0.2, -0.15) is 0 Å². The molecule has 2 rings (SSSR count). The van der Waals surface area contributed by atoms with E-state index in [-0.39, 0.29) is 12.0 Å². The lowest BCUT2D eigenvalue weighted by atomic mass is 10.2. The molecule has 0 radical (unpaired) electrons. The van der Waals surface area contributed by atoms with E-state index < -0.39 is 0 Å². The molecule has 17 heavy (non-hydrogen) atoms. The third-order valence-electron chi connectivity index (χ3n) is 2.54. The first-order valence-corrected chi connectivity index (χ1v) is 5.55. The summed E-state index contributed by atoms with van der Waals surface area (Å²) in [4.78, 5) is 24.1. The summed E-state index contributed by atoms with van der Waals surface area (Å²) >= 11 is 0. The minimum absolute atomic E-state index is 0.0293. The van der Waals surface area contributed by atoms with Crippen LogP contribution >= 0.6 is 0 Å². The molecule has 1 fully saturated rings. The van der Waals surface area contributed by atoms with E-state index in [9.17, 15) is 9.59 Å². The number of hydrogen-bond acceptors (Lipinski definition) is 3. The van der Waals surface area contributed by atoms with Gasteiger partial charge in [0.15, 0.2) is 0 Å². The number of cyclic esters (lactones) is 1. The Kier molecular flexibility index (Phi) is 3.27. The lowest BCUT2D eigenvalue weighted by Crippen LogP contribution is -2.23. The molecule has 1 N–H and O–H groups in total. The van der Waals surface area contributed by atoms with E-state index >= 15 is 0 Å². The summed E-state index contributed by atoms with van der Waals surface area (Å²) in [7, 11) is 0. The lowest BCUT2D eigenvalue weighted by molar-refractivity contribution is -0.115. The Hall–Kier alpha value is -2.04. The van der Waals surface area contributed by atoms with Crippen molar-refractivity contribution in [1.82, 2.24) is 0 Å². The van der Waals surface area contributed by atoms with Crippen molar-refractivity contribution in [1.29, 1.82) is 0 Å². The van der Waals surface area contributed by atoms with Gasteiger partial charge in [0.1, 0.15) is 6.61 Å². The van der Waals surface area contributed by atoms with Gasteiger partial charge in [0.2, 0.25) is 5.91 Å². The molecular formula is C12H14N2O3. The smallest absolute Gasteiger partial charge is 0.414 e. The molecule has 0 aromatic heterocycles. The van der Waals surface area contributed by atoms with Crippen molar-refractivity contribution in [3.63, 3.8) is 0 Å². The maximum Gasteiger partial charge on any atom is 0.414 e. The predicted octanol–water partition coefficient (Wildman–Crippen LogP) is 1.99. The van der Waals surface area contributed by atoms with Gasteiger partial charge >= 0.3 is 6.09 Å². The van der Waals surface area contributed by atoms with Crippen molar-refractivity contribution < 1.29 is 14.3 Å². The first-order valence-electron chi connectivity index (χ1n) is 5.55. The Labute approximate surface area is 99.4 Å². The second kappa shape index (κ2) is 4.86. The molecule has 1 saturated heterocycles. The van der Waals surface area contributed by atoms with Crippen LogP contribution in [0.2, 0.25) is 0 Å². The number of hydrogen-bond donors (Lipinski definition) is 1. The second-order valence-corrected chi connectivity index (χ2v) is 3.71. The van der Waals surface area contributed by atoms with Crippen molar-refractivity contribution >= 4 is 23.4 Å². The Morgan fingerprint density at radius 1 is 1.41 bits per heavy atom. The summed E-state index contributed by atoms with van der Waals surface area (Å²) in [5.74, 6) is -0.0293. The van der Waals surface area contributed by atoms with E-state index in [1.54, 1.807) is 36.1 Å². The predicted molar refractivity (Wildman–Crippen MR) is 64.1 cm³/mol. The van der Waals surface area contributed by atoms with Crippen LogP contribution in [0.5, 0.6) is 0 Å². The molecule has 0 unspecified atom stereocenters. The number of nitrogens with zero attached hydrogens (tertiary/aromatic N) is 1. The zero-order valence-corrected chi connectivity index (χ0v) is 9.60. The minimum atomic E-state index is -0.324. The molecule has 90 valence electrons. The Bertz CT molecular complexity index is 428. The number of carbonyl (C=O) groups excluding carboxylic acids is 2. The van der Waals surface area contributed by atoms with Crippen molar-refractivity contribution in [2.24, 2.45) is 0 Å². The summed E-state index contributed by atoms with van der Waals surface area (Å²) in [6.45, 7) is 2.79. The van der Waals surface area contributed by atoms with Gasteiger partial charge in [0, 0.05) is 17.8 Å². The highest BCUT2D eigenvalue weighted by Crippen LogP contribution is 2.20. The molecule has 1 aliphatic rings. The fourth-order valence-electron chi connectivity index (χ4n) is 1.60. The Balaban J connectivity index is 2.07. The number of anilines is 2. The summed E-state index contributed by atoms with van der Waals surface area (Å²) in [6, 6.07) is 7.12. The highest BCUT2D eigenvalue weighted by molar-refractivity contribution is 5.92. The topological polar surface area (TPSA) is 58.6 Å². The Morgan fingerprint density at radius 3 is 2.65 bits per heavy atom.